The molecule has 0 fully saturated rings. The molecular weight excluding hydrogens is 448 g/mol. The predicted molar refractivity (Wildman–Crippen MR) is 121 cm³/mol. The summed E-state index contributed by atoms with van der Waals surface area (Å²) in [5.41, 5.74) is 0.0536. The molecule has 0 aliphatic carbocycles. The van der Waals surface area contributed by atoms with Gasteiger partial charge in [-0.2, -0.15) is 0 Å². The second-order valence-corrected chi connectivity index (χ2v) is 7.91. The fourth-order valence-electron chi connectivity index (χ4n) is 2.83. The summed E-state index contributed by atoms with van der Waals surface area (Å²) in [5.74, 6) is -0.534. The van der Waals surface area contributed by atoms with Crippen LogP contribution in [0.1, 0.15) is 6.42 Å². The number of fused-ring (bicyclic) bond motifs is 1. The fraction of sp³-hybridized carbons (Fsp3) is 0.333. The van der Waals surface area contributed by atoms with Crippen LogP contribution in [-0.4, -0.2) is 56.7 Å². The van der Waals surface area contributed by atoms with Gasteiger partial charge in [-0.15, -0.1) is 12.4 Å². The molecule has 168 valence electrons. The second-order valence-electron chi connectivity index (χ2n) is 6.90. The summed E-state index contributed by atoms with van der Waals surface area (Å²) >= 11 is 1.08. The third-order valence-corrected chi connectivity index (χ3v) is 5.37. The molecule has 0 unspecified atom stereocenters. The van der Waals surface area contributed by atoms with Crippen LogP contribution in [-0.2, 0) is 4.79 Å². The maximum atomic E-state index is 14.1. The van der Waals surface area contributed by atoms with Crippen LogP contribution in [0.3, 0.4) is 0 Å². The van der Waals surface area contributed by atoms with E-state index in [4.69, 9.17) is 9.47 Å². The monoisotopic (exact) mass is 471 g/mol. The van der Waals surface area contributed by atoms with E-state index < -0.39 is 11.6 Å². The predicted octanol–water partition coefficient (Wildman–Crippen LogP) is 4.37. The minimum Gasteiger partial charge on any atom is -0.497 e. The first-order valence-corrected chi connectivity index (χ1v) is 10.2. The van der Waals surface area contributed by atoms with Gasteiger partial charge < -0.3 is 14.4 Å². The van der Waals surface area contributed by atoms with Gasteiger partial charge in [-0.1, -0.05) is 11.3 Å². The molecule has 1 aromatic heterocycles. The van der Waals surface area contributed by atoms with Crippen molar-refractivity contribution in [2.45, 2.75) is 6.42 Å². The third kappa shape index (κ3) is 6.49. The third-order valence-electron chi connectivity index (χ3n) is 4.34. The number of methoxy groups -OCH3 is 1. The zero-order chi connectivity index (χ0) is 21.7. The molecule has 0 aliphatic heterocycles. The number of nitrogens with zero attached hydrogens (tertiary/aromatic N) is 3. The Bertz CT molecular complexity index is 1020. The lowest BCUT2D eigenvalue weighted by molar-refractivity contribution is -0.120. The summed E-state index contributed by atoms with van der Waals surface area (Å²) < 4.78 is 38.7. The lowest BCUT2D eigenvalue weighted by Gasteiger charge is -2.21. The highest BCUT2D eigenvalue weighted by Crippen LogP contribution is 2.31. The average molecular weight is 472 g/mol. The number of anilines is 1. The number of aromatic nitrogens is 1. The topological polar surface area (TPSA) is 54.9 Å². The van der Waals surface area contributed by atoms with Crippen LogP contribution in [0.5, 0.6) is 11.5 Å². The molecule has 0 saturated carbocycles. The lowest BCUT2D eigenvalue weighted by atomic mass is 10.3. The van der Waals surface area contributed by atoms with Gasteiger partial charge in [-0.3, -0.25) is 9.69 Å². The van der Waals surface area contributed by atoms with Crippen molar-refractivity contribution in [2.75, 3.05) is 45.8 Å². The number of halogens is 3. The molecule has 1 heterocycles. The van der Waals surface area contributed by atoms with E-state index >= 15 is 0 Å². The highest BCUT2D eigenvalue weighted by molar-refractivity contribution is 7.22. The number of thiazole rings is 1. The van der Waals surface area contributed by atoms with Crippen molar-refractivity contribution < 1.29 is 23.0 Å². The van der Waals surface area contributed by atoms with Crippen LogP contribution in [0.25, 0.3) is 10.2 Å². The largest absolute Gasteiger partial charge is 0.497 e. The van der Waals surface area contributed by atoms with Gasteiger partial charge in [-0.25, -0.2) is 13.8 Å². The molecule has 0 radical (unpaired) electrons. The van der Waals surface area contributed by atoms with E-state index in [-0.39, 0.29) is 30.4 Å². The summed E-state index contributed by atoms with van der Waals surface area (Å²) in [7, 11) is 5.45. The van der Waals surface area contributed by atoms with Gasteiger partial charge in [0.1, 0.15) is 22.8 Å². The normalized spacial score (nSPS) is 10.8. The van der Waals surface area contributed by atoms with Gasteiger partial charge in [0.15, 0.2) is 17.6 Å². The molecule has 1 amide bonds. The van der Waals surface area contributed by atoms with E-state index in [1.807, 2.05) is 19.0 Å². The highest BCUT2D eigenvalue weighted by Gasteiger charge is 2.22. The lowest BCUT2D eigenvalue weighted by Crippen LogP contribution is -2.36. The number of rotatable bonds is 9. The van der Waals surface area contributed by atoms with E-state index in [0.717, 1.165) is 23.9 Å². The zero-order valence-electron chi connectivity index (χ0n) is 17.4. The molecule has 2 aromatic carbocycles. The molecule has 0 N–H and O–H groups in total. The van der Waals surface area contributed by atoms with E-state index in [0.29, 0.717) is 34.3 Å². The van der Waals surface area contributed by atoms with Crippen LogP contribution >= 0.6 is 23.7 Å². The number of hydrogen-bond acceptors (Lipinski definition) is 6. The molecule has 0 atom stereocenters. The fourth-order valence-corrected chi connectivity index (χ4v) is 3.88. The maximum Gasteiger partial charge on any atom is 0.266 e. The summed E-state index contributed by atoms with van der Waals surface area (Å²) in [6.45, 7) is 0.935. The molecule has 10 heteroatoms. The molecule has 31 heavy (non-hydrogen) atoms. The first-order valence-electron chi connectivity index (χ1n) is 9.35. The molecule has 0 spiro atoms. The smallest absolute Gasteiger partial charge is 0.266 e. The van der Waals surface area contributed by atoms with Crippen molar-refractivity contribution in [3.63, 3.8) is 0 Å². The maximum absolute atomic E-state index is 14.1. The van der Waals surface area contributed by atoms with E-state index in [1.54, 1.807) is 31.4 Å². The first-order chi connectivity index (χ1) is 14.4. The van der Waals surface area contributed by atoms with Crippen molar-refractivity contribution in [3.05, 3.63) is 48.0 Å². The minimum atomic E-state index is -0.748. The van der Waals surface area contributed by atoms with Gasteiger partial charge in [0.05, 0.1) is 11.8 Å². The summed E-state index contributed by atoms with van der Waals surface area (Å²) in [5, 5.41) is 0.316. The molecular formula is C21H24ClF2N3O3S. The Morgan fingerprint density at radius 1 is 1.10 bits per heavy atom. The Morgan fingerprint density at radius 2 is 1.77 bits per heavy atom. The summed E-state index contributed by atoms with van der Waals surface area (Å²) in [6.07, 6.45) is 0.689. The van der Waals surface area contributed by atoms with Crippen LogP contribution in [0, 0.1) is 11.6 Å². The Kier molecular flexibility index (Phi) is 8.97. The zero-order valence-corrected chi connectivity index (χ0v) is 19.1. The standard InChI is InChI=1S/C21H23F2N3O3S.ClH/c1-25(2)9-4-10-26(19(27)13-29-16-7-5-15(28-3)6-8-16)21-24-20-17(23)11-14(22)12-18(20)30-21;/h5-8,11-12H,4,9-10,13H2,1-3H3;1H. The van der Waals surface area contributed by atoms with Crippen molar-refractivity contribution in [2.24, 2.45) is 0 Å². The molecule has 0 bridgehead atoms. The molecule has 6 nitrogen and oxygen atoms in total. The SMILES string of the molecule is COc1ccc(OCC(=O)N(CCCN(C)C)c2nc3c(F)cc(F)cc3s2)cc1.Cl. The van der Waals surface area contributed by atoms with Crippen LogP contribution in [0.15, 0.2) is 36.4 Å². The summed E-state index contributed by atoms with van der Waals surface area (Å²) in [6, 6.07) is 8.89. The van der Waals surface area contributed by atoms with Crippen LogP contribution in [0.4, 0.5) is 13.9 Å². The van der Waals surface area contributed by atoms with Gasteiger partial charge in [0.25, 0.3) is 5.91 Å². The van der Waals surface area contributed by atoms with Crippen molar-refractivity contribution >= 4 is 45.0 Å². The van der Waals surface area contributed by atoms with Crippen molar-refractivity contribution in [3.8, 4) is 11.5 Å². The average Bonchev–Trinajstić information content (AvgIpc) is 3.13. The van der Waals surface area contributed by atoms with E-state index in [1.165, 1.54) is 11.0 Å². The quantitative estimate of drug-likeness (QED) is 0.464. The van der Waals surface area contributed by atoms with Crippen molar-refractivity contribution in [1.82, 2.24) is 9.88 Å². The number of carbonyl (C=O) groups excluding carboxylic acids is 1. The van der Waals surface area contributed by atoms with Gasteiger partial charge in [-0.05, 0) is 57.4 Å². The van der Waals surface area contributed by atoms with Gasteiger partial charge >= 0.3 is 0 Å². The first kappa shape index (κ1) is 24.8. The second kappa shape index (κ2) is 11.2. The summed E-state index contributed by atoms with van der Waals surface area (Å²) in [4.78, 5) is 20.6. The Labute approximate surface area is 189 Å². The van der Waals surface area contributed by atoms with Crippen LogP contribution in [0.2, 0.25) is 0 Å². The number of benzene rings is 2. The van der Waals surface area contributed by atoms with E-state index in [9.17, 15) is 13.6 Å². The Hall–Kier alpha value is -2.49. The number of hydrogen-bond donors (Lipinski definition) is 0. The number of amides is 1. The molecule has 3 rings (SSSR count). The number of carbonyl (C=O) groups is 1. The van der Waals surface area contributed by atoms with Crippen molar-refractivity contribution in [1.29, 1.82) is 0 Å². The highest BCUT2D eigenvalue weighted by atomic mass is 35.5. The number of ether oxygens (including phenoxy) is 2. The van der Waals surface area contributed by atoms with E-state index in [2.05, 4.69) is 4.98 Å². The van der Waals surface area contributed by atoms with Gasteiger partial charge in [0, 0.05) is 12.6 Å². The molecule has 0 aliphatic rings. The van der Waals surface area contributed by atoms with Crippen LogP contribution < -0.4 is 14.4 Å². The molecule has 0 saturated heterocycles. The Morgan fingerprint density at radius 3 is 2.42 bits per heavy atom. The minimum absolute atomic E-state index is 0. The Balaban J connectivity index is 0.00000341. The van der Waals surface area contributed by atoms with Gasteiger partial charge in [0.2, 0.25) is 0 Å². The molecule has 3 aromatic rings.